The zero-order valence-electron chi connectivity index (χ0n) is 13.9. The van der Waals surface area contributed by atoms with E-state index in [0.29, 0.717) is 10.6 Å². The Labute approximate surface area is 145 Å². The van der Waals surface area contributed by atoms with Gasteiger partial charge in [0.15, 0.2) is 5.11 Å². The van der Waals surface area contributed by atoms with E-state index >= 15 is 0 Å². The lowest BCUT2D eigenvalue weighted by Crippen LogP contribution is -2.41. The van der Waals surface area contributed by atoms with Crippen LogP contribution in [-0.4, -0.2) is 24.1 Å². The van der Waals surface area contributed by atoms with Crippen LogP contribution in [0.4, 0.5) is 5.00 Å². The third kappa shape index (κ3) is 4.09. The van der Waals surface area contributed by atoms with Crippen molar-refractivity contribution >= 4 is 45.5 Å². The fraction of sp³-hybridized carbons (Fsp3) is 0.562. The molecule has 0 bridgehead atoms. The number of amides is 1. The summed E-state index contributed by atoms with van der Waals surface area (Å²) in [6.07, 6.45) is 4.03. The maximum Gasteiger partial charge on any atom is 0.341 e. The van der Waals surface area contributed by atoms with E-state index < -0.39 is 5.41 Å². The molecule has 7 heteroatoms. The third-order valence-corrected chi connectivity index (χ3v) is 5.11. The van der Waals surface area contributed by atoms with E-state index in [2.05, 4.69) is 10.6 Å². The molecule has 0 aliphatic heterocycles. The highest BCUT2D eigenvalue weighted by molar-refractivity contribution is 7.80. The summed E-state index contributed by atoms with van der Waals surface area (Å²) < 4.78 is 4.92. The molecule has 23 heavy (non-hydrogen) atoms. The van der Waals surface area contributed by atoms with Gasteiger partial charge in [-0.2, -0.15) is 0 Å². The number of hydrogen-bond donors (Lipinski definition) is 2. The molecule has 2 N–H and O–H groups in total. The van der Waals surface area contributed by atoms with Crippen molar-refractivity contribution in [2.24, 2.45) is 5.41 Å². The summed E-state index contributed by atoms with van der Waals surface area (Å²) >= 11 is 6.73. The number of hydrogen-bond acceptors (Lipinski definition) is 5. The number of esters is 1. The highest BCUT2D eigenvalue weighted by atomic mass is 32.1. The van der Waals surface area contributed by atoms with E-state index in [0.717, 1.165) is 31.2 Å². The molecule has 0 spiro atoms. The lowest BCUT2D eigenvalue weighted by atomic mass is 9.95. The van der Waals surface area contributed by atoms with Gasteiger partial charge in [-0.3, -0.25) is 4.79 Å². The fourth-order valence-corrected chi connectivity index (χ4v) is 3.94. The third-order valence-electron chi connectivity index (χ3n) is 3.70. The number of carbonyl (C=O) groups is 2. The minimum atomic E-state index is -0.536. The largest absolute Gasteiger partial charge is 0.465 e. The van der Waals surface area contributed by atoms with Gasteiger partial charge in [-0.05, 0) is 43.5 Å². The average molecular weight is 354 g/mol. The summed E-state index contributed by atoms with van der Waals surface area (Å²) in [5.41, 5.74) is 1.08. The first-order chi connectivity index (χ1) is 10.7. The summed E-state index contributed by atoms with van der Waals surface area (Å²) in [4.78, 5) is 25.4. The standard InChI is InChI=1S/C16H22N2O3S2/c1-16(2,3)14(20)18-15(22)17-12-11(13(19)21-4)9-7-5-6-8-10(9)23-12/h5-8H2,1-4H3,(H2,17,18,20,22). The smallest absolute Gasteiger partial charge is 0.341 e. The molecule has 1 aromatic rings. The molecule has 0 aromatic carbocycles. The summed E-state index contributed by atoms with van der Waals surface area (Å²) in [5.74, 6) is -0.534. The van der Waals surface area contributed by atoms with Crippen molar-refractivity contribution in [2.75, 3.05) is 12.4 Å². The Morgan fingerprint density at radius 3 is 2.48 bits per heavy atom. The van der Waals surface area contributed by atoms with Crippen molar-refractivity contribution in [3.05, 3.63) is 16.0 Å². The predicted octanol–water partition coefficient (Wildman–Crippen LogP) is 3.27. The zero-order valence-corrected chi connectivity index (χ0v) is 15.5. The Balaban J connectivity index is 2.22. The fourth-order valence-electron chi connectivity index (χ4n) is 2.40. The first-order valence-electron chi connectivity index (χ1n) is 7.59. The number of fused-ring (bicyclic) bond motifs is 1. The molecule has 1 aromatic heterocycles. The van der Waals surface area contributed by atoms with Crippen molar-refractivity contribution in [3.8, 4) is 0 Å². The van der Waals surface area contributed by atoms with Crippen molar-refractivity contribution in [2.45, 2.75) is 46.5 Å². The molecule has 0 saturated carbocycles. The van der Waals surface area contributed by atoms with Crippen molar-refractivity contribution < 1.29 is 14.3 Å². The van der Waals surface area contributed by atoms with Crippen molar-refractivity contribution in [1.82, 2.24) is 5.32 Å². The Hall–Kier alpha value is -1.47. The lowest BCUT2D eigenvalue weighted by Gasteiger charge is -2.18. The van der Waals surface area contributed by atoms with Gasteiger partial charge < -0.3 is 15.4 Å². The second-order valence-electron chi connectivity index (χ2n) is 6.56. The van der Waals surface area contributed by atoms with Gasteiger partial charge in [-0.25, -0.2) is 4.79 Å². The molecule has 126 valence electrons. The first-order valence-corrected chi connectivity index (χ1v) is 8.81. The molecule has 1 amide bonds. The molecule has 0 fully saturated rings. The van der Waals surface area contributed by atoms with Gasteiger partial charge in [0.25, 0.3) is 0 Å². The van der Waals surface area contributed by atoms with E-state index in [-0.39, 0.29) is 17.0 Å². The van der Waals surface area contributed by atoms with Gasteiger partial charge in [-0.1, -0.05) is 20.8 Å². The van der Waals surface area contributed by atoms with Crippen LogP contribution in [0, 0.1) is 5.41 Å². The highest BCUT2D eigenvalue weighted by Gasteiger charge is 2.27. The van der Waals surface area contributed by atoms with E-state index in [1.165, 1.54) is 23.3 Å². The Morgan fingerprint density at radius 1 is 1.22 bits per heavy atom. The molecule has 2 rings (SSSR count). The zero-order chi connectivity index (χ0) is 17.2. The molecular formula is C16H22N2O3S2. The van der Waals surface area contributed by atoms with E-state index in [9.17, 15) is 9.59 Å². The second-order valence-corrected chi connectivity index (χ2v) is 8.08. The van der Waals surface area contributed by atoms with Crippen LogP contribution in [0.1, 0.15) is 54.4 Å². The molecule has 1 heterocycles. The normalized spacial score (nSPS) is 13.9. The van der Waals surface area contributed by atoms with Gasteiger partial charge in [0.05, 0.1) is 12.7 Å². The van der Waals surface area contributed by atoms with Crippen molar-refractivity contribution in [1.29, 1.82) is 0 Å². The molecule has 0 unspecified atom stereocenters. The van der Waals surface area contributed by atoms with Crippen LogP contribution in [0.3, 0.4) is 0 Å². The number of methoxy groups -OCH3 is 1. The van der Waals surface area contributed by atoms with Gasteiger partial charge in [-0.15, -0.1) is 11.3 Å². The van der Waals surface area contributed by atoms with Gasteiger partial charge in [0.1, 0.15) is 5.00 Å². The summed E-state index contributed by atoms with van der Waals surface area (Å²) in [6.45, 7) is 5.44. The molecule has 5 nitrogen and oxygen atoms in total. The van der Waals surface area contributed by atoms with Crippen LogP contribution in [-0.2, 0) is 22.4 Å². The second kappa shape index (κ2) is 6.97. The Morgan fingerprint density at radius 2 is 1.87 bits per heavy atom. The number of nitrogens with one attached hydrogen (secondary N) is 2. The summed E-state index contributed by atoms with van der Waals surface area (Å²) in [6, 6.07) is 0. The van der Waals surface area contributed by atoms with Crippen LogP contribution >= 0.6 is 23.6 Å². The van der Waals surface area contributed by atoms with Gasteiger partial charge in [0.2, 0.25) is 5.91 Å². The Bertz CT molecular complexity index is 644. The maximum absolute atomic E-state index is 12.1. The molecular weight excluding hydrogens is 332 g/mol. The lowest BCUT2D eigenvalue weighted by molar-refractivity contribution is -0.126. The molecule has 0 radical (unpaired) electrons. The van der Waals surface area contributed by atoms with Crippen LogP contribution in [0.5, 0.6) is 0 Å². The number of anilines is 1. The summed E-state index contributed by atoms with van der Waals surface area (Å²) in [7, 11) is 1.37. The number of rotatable bonds is 2. The number of carbonyl (C=O) groups excluding carboxylic acids is 2. The van der Waals surface area contributed by atoms with Gasteiger partial charge >= 0.3 is 5.97 Å². The molecule has 0 atom stereocenters. The molecule has 1 aliphatic rings. The minimum Gasteiger partial charge on any atom is -0.465 e. The topological polar surface area (TPSA) is 67.4 Å². The number of thiocarbonyl (C=S) groups is 1. The van der Waals surface area contributed by atoms with E-state index in [1.54, 1.807) is 0 Å². The number of thiophene rings is 1. The highest BCUT2D eigenvalue weighted by Crippen LogP contribution is 2.38. The number of ether oxygens (including phenoxy) is 1. The quantitative estimate of drug-likeness (QED) is 0.630. The van der Waals surface area contributed by atoms with E-state index in [4.69, 9.17) is 17.0 Å². The maximum atomic E-state index is 12.1. The average Bonchev–Trinajstić information content (AvgIpc) is 2.82. The summed E-state index contributed by atoms with van der Waals surface area (Å²) in [5, 5.41) is 6.53. The molecule has 1 aliphatic carbocycles. The van der Waals surface area contributed by atoms with E-state index in [1.807, 2.05) is 20.8 Å². The predicted molar refractivity (Wildman–Crippen MR) is 96.1 cm³/mol. The van der Waals surface area contributed by atoms with Crippen LogP contribution in [0.25, 0.3) is 0 Å². The van der Waals surface area contributed by atoms with Crippen LogP contribution in [0.15, 0.2) is 0 Å². The molecule has 0 saturated heterocycles. The van der Waals surface area contributed by atoms with Crippen molar-refractivity contribution in [3.63, 3.8) is 0 Å². The SMILES string of the molecule is COC(=O)c1c(NC(=S)NC(=O)C(C)(C)C)sc2c1CCCC2. The van der Waals surface area contributed by atoms with Crippen LogP contribution < -0.4 is 10.6 Å². The van der Waals surface area contributed by atoms with Gasteiger partial charge in [0, 0.05) is 10.3 Å². The number of aryl methyl sites for hydroxylation is 1. The first kappa shape index (κ1) is 17.9. The Kier molecular flexibility index (Phi) is 5.41. The monoisotopic (exact) mass is 354 g/mol. The minimum absolute atomic E-state index is 0.170. The van der Waals surface area contributed by atoms with Crippen LogP contribution in [0.2, 0.25) is 0 Å².